The molecular formula is C12H16NO2-. The number of aliphatic carboxylic acids is 1. The lowest BCUT2D eigenvalue weighted by Gasteiger charge is -2.10. The Labute approximate surface area is 90.1 Å². The highest BCUT2D eigenvalue weighted by atomic mass is 16.4. The van der Waals surface area contributed by atoms with E-state index in [2.05, 4.69) is 12.2 Å². The summed E-state index contributed by atoms with van der Waals surface area (Å²) in [5.74, 6) is -1.04. The van der Waals surface area contributed by atoms with Crippen molar-refractivity contribution >= 4 is 5.97 Å². The van der Waals surface area contributed by atoms with Gasteiger partial charge in [-0.3, -0.25) is 0 Å². The number of carboxylic acids is 1. The van der Waals surface area contributed by atoms with Gasteiger partial charge in [-0.2, -0.15) is 0 Å². The van der Waals surface area contributed by atoms with Crippen LogP contribution < -0.4 is 10.4 Å². The molecule has 0 aromatic heterocycles. The molecule has 15 heavy (non-hydrogen) atoms. The Hall–Kier alpha value is -1.35. The third-order valence-corrected chi connectivity index (χ3v) is 2.41. The molecule has 0 amide bonds. The predicted octanol–water partition coefficient (Wildman–Crippen LogP) is 0.129. The van der Waals surface area contributed by atoms with Crippen LogP contribution in [0.4, 0.5) is 0 Å². The van der Waals surface area contributed by atoms with E-state index in [1.807, 2.05) is 31.3 Å². The maximum Gasteiger partial charge on any atom is 0.0458 e. The lowest BCUT2D eigenvalue weighted by atomic mass is 10.0. The van der Waals surface area contributed by atoms with E-state index in [0.717, 1.165) is 12.0 Å². The van der Waals surface area contributed by atoms with Gasteiger partial charge < -0.3 is 15.2 Å². The number of benzene rings is 1. The Morgan fingerprint density at radius 3 is 2.33 bits per heavy atom. The van der Waals surface area contributed by atoms with Gasteiger partial charge in [0.2, 0.25) is 0 Å². The average Bonchev–Trinajstić information content (AvgIpc) is 2.20. The Bertz CT molecular complexity index is 319. The third-order valence-electron chi connectivity index (χ3n) is 2.41. The lowest BCUT2D eigenvalue weighted by molar-refractivity contribution is -0.304. The normalized spacial score (nSPS) is 12.4. The van der Waals surface area contributed by atoms with Crippen molar-refractivity contribution in [1.29, 1.82) is 0 Å². The zero-order valence-electron chi connectivity index (χ0n) is 9.12. The first-order valence-corrected chi connectivity index (χ1v) is 5.06. The van der Waals surface area contributed by atoms with Gasteiger partial charge in [0.15, 0.2) is 0 Å². The minimum Gasteiger partial charge on any atom is -0.550 e. The number of rotatable bonds is 5. The number of nitrogens with one attached hydrogen (secondary N) is 1. The third kappa shape index (κ3) is 4.13. The van der Waals surface area contributed by atoms with Gasteiger partial charge in [-0.15, -0.1) is 0 Å². The van der Waals surface area contributed by atoms with Crippen LogP contribution in [0.3, 0.4) is 0 Å². The maximum atomic E-state index is 10.4. The summed E-state index contributed by atoms with van der Waals surface area (Å²) in [6.07, 6.45) is 0.934. The van der Waals surface area contributed by atoms with E-state index < -0.39 is 5.97 Å². The number of carboxylic acid groups (broad SMARTS) is 1. The van der Waals surface area contributed by atoms with Crippen molar-refractivity contribution in [3.8, 4) is 0 Å². The topological polar surface area (TPSA) is 52.2 Å². The second kappa shape index (κ2) is 5.51. The number of carbonyl (C=O) groups excluding carboxylic acids is 1. The van der Waals surface area contributed by atoms with E-state index in [0.29, 0.717) is 6.04 Å². The molecule has 1 unspecified atom stereocenters. The number of carbonyl (C=O) groups is 1. The molecule has 1 atom stereocenters. The smallest absolute Gasteiger partial charge is 0.0458 e. The van der Waals surface area contributed by atoms with Crippen molar-refractivity contribution in [3.05, 3.63) is 35.4 Å². The van der Waals surface area contributed by atoms with Crippen molar-refractivity contribution in [3.63, 3.8) is 0 Å². The Balaban J connectivity index is 2.60. The molecule has 0 aliphatic carbocycles. The maximum absolute atomic E-state index is 10.4. The molecule has 1 N–H and O–H groups in total. The van der Waals surface area contributed by atoms with Gasteiger partial charge in [-0.05, 0) is 31.5 Å². The summed E-state index contributed by atoms with van der Waals surface area (Å²) in [5.41, 5.74) is 2.00. The van der Waals surface area contributed by atoms with Crippen LogP contribution in [0, 0.1) is 0 Å². The molecular weight excluding hydrogens is 190 g/mol. The van der Waals surface area contributed by atoms with E-state index in [1.54, 1.807) is 0 Å². The van der Waals surface area contributed by atoms with Crippen LogP contribution >= 0.6 is 0 Å². The summed E-state index contributed by atoms with van der Waals surface area (Å²) in [6, 6.07) is 8.04. The highest BCUT2D eigenvalue weighted by molar-refractivity contribution is 5.67. The summed E-state index contributed by atoms with van der Waals surface area (Å²) in [4.78, 5) is 10.4. The number of hydrogen-bond acceptors (Lipinski definition) is 3. The molecule has 1 rings (SSSR count). The molecule has 0 saturated heterocycles. The quantitative estimate of drug-likeness (QED) is 0.745. The molecule has 0 fully saturated rings. The number of hydrogen-bond donors (Lipinski definition) is 1. The van der Waals surface area contributed by atoms with Crippen molar-refractivity contribution in [2.75, 3.05) is 7.05 Å². The van der Waals surface area contributed by atoms with Crippen LogP contribution in [0.15, 0.2) is 24.3 Å². The summed E-state index contributed by atoms with van der Waals surface area (Å²) in [6.45, 7) is 2.11. The zero-order chi connectivity index (χ0) is 11.3. The fourth-order valence-corrected chi connectivity index (χ4v) is 1.42. The SMILES string of the molecule is CNC(C)Cc1ccc(CC(=O)[O-])cc1. The average molecular weight is 206 g/mol. The molecule has 1 aromatic rings. The summed E-state index contributed by atoms with van der Waals surface area (Å²) in [5, 5.41) is 13.5. The summed E-state index contributed by atoms with van der Waals surface area (Å²) < 4.78 is 0. The first-order valence-electron chi connectivity index (χ1n) is 5.06. The van der Waals surface area contributed by atoms with Crippen molar-refractivity contribution < 1.29 is 9.90 Å². The van der Waals surface area contributed by atoms with Gasteiger partial charge in [-0.25, -0.2) is 0 Å². The van der Waals surface area contributed by atoms with Gasteiger partial charge in [0.05, 0.1) is 0 Å². The molecule has 0 bridgehead atoms. The first kappa shape index (κ1) is 11.7. The standard InChI is InChI=1S/C12H17NO2/c1-9(13-2)7-10-3-5-11(6-4-10)8-12(14)15/h3-6,9,13H,7-8H2,1-2H3,(H,14,15)/p-1. The molecule has 0 radical (unpaired) electrons. The van der Waals surface area contributed by atoms with Crippen LogP contribution in [-0.2, 0) is 17.6 Å². The second-order valence-corrected chi connectivity index (χ2v) is 3.76. The van der Waals surface area contributed by atoms with Crippen molar-refractivity contribution in [1.82, 2.24) is 5.32 Å². The van der Waals surface area contributed by atoms with Gasteiger partial charge in [-0.1, -0.05) is 24.3 Å². The van der Waals surface area contributed by atoms with E-state index >= 15 is 0 Å². The number of likely N-dealkylation sites (N-methyl/N-ethyl adjacent to an activating group) is 1. The minimum absolute atomic E-state index is 0.0120. The molecule has 0 spiro atoms. The first-order chi connectivity index (χ1) is 7.11. The molecule has 3 heteroatoms. The van der Waals surface area contributed by atoms with Crippen LogP contribution in [-0.4, -0.2) is 19.1 Å². The van der Waals surface area contributed by atoms with E-state index in [4.69, 9.17) is 0 Å². The lowest BCUT2D eigenvalue weighted by Crippen LogP contribution is -2.24. The summed E-state index contributed by atoms with van der Waals surface area (Å²) >= 11 is 0. The monoisotopic (exact) mass is 206 g/mol. The Morgan fingerprint density at radius 2 is 1.87 bits per heavy atom. The van der Waals surface area contributed by atoms with Gasteiger partial charge in [0, 0.05) is 18.4 Å². The fraction of sp³-hybridized carbons (Fsp3) is 0.417. The van der Waals surface area contributed by atoms with Crippen molar-refractivity contribution in [2.24, 2.45) is 0 Å². The summed E-state index contributed by atoms with van der Waals surface area (Å²) in [7, 11) is 1.93. The van der Waals surface area contributed by atoms with Crippen LogP contribution in [0.2, 0.25) is 0 Å². The second-order valence-electron chi connectivity index (χ2n) is 3.76. The van der Waals surface area contributed by atoms with Gasteiger partial charge in [0.1, 0.15) is 0 Å². The van der Waals surface area contributed by atoms with Gasteiger partial charge in [0.25, 0.3) is 0 Å². The zero-order valence-corrected chi connectivity index (χ0v) is 9.12. The Kier molecular flexibility index (Phi) is 4.31. The van der Waals surface area contributed by atoms with Crippen LogP contribution in [0.25, 0.3) is 0 Å². The molecule has 3 nitrogen and oxygen atoms in total. The van der Waals surface area contributed by atoms with Crippen LogP contribution in [0.1, 0.15) is 18.1 Å². The molecule has 0 saturated carbocycles. The molecule has 0 heterocycles. The molecule has 82 valence electrons. The molecule has 0 aliphatic rings. The predicted molar refractivity (Wildman–Crippen MR) is 57.4 cm³/mol. The van der Waals surface area contributed by atoms with Crippen molar-refractivity contribution in [2.45, 2.75) is 25.8 Å². The van der Waals surface area contributed by atoms with E-state index in [-0.39, 0.29) is 6.42 Å². The van der Waals surface area contributed by atoms with E-state index in [9.17, 15) is 9.90 Å². The van der Waals surface area contributed by atoms with E-state index in [1.165, 1.54) is 5.56 Å². The highest BCUT2D eigenvalue weighted by Gasteiger charge is 2.00. The molecule has 0 aliphatic heterocycles. The largest absolute Gasteiger partial charge is 0.550 e. The van der Waals surface area contributed by atoms with Crippen LogP contribution in [0.5, 0.6) is 0 Å². The molecule has 1 aromatic carbocycles. The Morgan fingerprint density at radius 1 is 1.33 bits per heavy atom. The minimum atomic E-state index is -1.04. The fourth-order valence-electron chi connectivity index (χ4n) is 1.42. The van der Waals surface area contributed by atoms with Gasteiger partial charge >= 0.3 is 0 Å². The highest BCUT2D eigenvalue weighted by Crippen LogP contribution is 2.07.